The lowest BCUT2D eigenvalue weighted by atomic mass is 10.0. The Morgan fingerprint density at radius 3 is 2.81 bits per heavy atom. The van der Waals surface area contributed by atoms with Gasteiger partial charge < -0.3 is 10.5 Å². The van der Waals surface area contributed by atoms with E-state index in [1.807, 2.05) is 16.8 Å². The number of halogens is 1. The molecule has 0 aliphatic carbocycles. The Balaban J connectivity index is 2.47. The molecular weight excluding hydrogens is 225 g/mol. The molecule has 84 valence electrons. The molecule has 1 heterocycles. The van der Waals surface area contributed by atoms with Gasteiger partial charge in [-0.25, -0.2) is 4.39 Å². The molecular formula is C12H12FNOS. The minimum Gasteiger partial charge on any atom is -0.496 e. The van der Waals surface area contributed by atoms with Crippen LogP contribution in [0.1, 0.15) is 17.2 Å². The van der Waals surface area contributed by atoms with Crippen LogP contribution in [0.4, 0.5) is 4.39 Å². The maximum Gasteiger partial charge on any atom is 0.132 e. The third-order valence-corrected chi connectivity index (χ3v) is 3.15. The molecule has 0 fully saturated rings. The van der Waals surface area contributed by atoms with Crippen molar-refractivity contribution in [2.24, 2.45) is 5.73 Å². The van der Waals surface area contributed by atoms with E-state index in [0.29, 0.717) is 11.3 Å². The predicted molar refractivity (Wildman–Crippen MR) is 63.3 cm³/mol. The van der Waals surface area contributed by atoms with E-state index in [4.69, 9.17) is 10.5 Å². The van der Waals surface area contributed by atoms with Crippen LogP contribution in [0.3, 0.4) is 0 Å². The minimum absolute atomic E-state index is 0.335. The molecule has 1 aromatic heterocycles. The highest BCUT2D eigenvalue weighted by Crippen LogP contribution is 2.31. The first-order valence-corrected chi connectivity index (χ1v) is 5.78. The molecule has 0 aliphatic rings. The smallest absolute Gasteiger partial charge is 0.132 e. The fraction of sp³-hybridized carbons (Fsp3) is 0.167. The van der Waals surface area contributed by atoms with Gasteiger partial charge in [-0.2, -0.15) is 11.3 Å². The van der Waals surface area contributed by atoms with Crippen molar-refractivity contribution in [2.45, 2.75) is 6.04 Å². The summed E-state index contributed by atoms with van der Waals surface area (Å²) >= 11 is 1.54. The van der Waals surface area contributed by atoms with Crippen molar-refractivity contribution in [3.63, 3.8) is 0 Å². The number of methoxy groups -OCH3 is 1. The fourth-order valence-electron chi connectivity index (χ4n) is 1.62. The predicted octanol–water partition coefficient (Wildman–Crippen LogP) is 2.94. The van der Waals surface area contributed by atoms with Crippen molar-refractivity contribution in [3.05, 3.63) is 52.0 Å². The molecule has 0 radical (unpaired) electrons. The summed E-state index contributed by atoms with van der Waals surface area (Å²) in [5.74, 6) is 0.150. The molecule has 16 heavy (non-hydrogen) atoms. The summed E-state index contributed by atoms with van der Waals surface area (Å²) in [6.07, 6.45) is 0. The molecule has 4 heteroatoms. The van der Waals surface area contributed by atoms with Crippen molar-refractivity contribution in [1.29, 1.82) is 0 Å². The van der Waals surface area contributed by atoms with Gasteiger partial charge in [0.15, 0.2) is 0 Å². The van der Waals surface area contributed by atoms with Gasteiger partial charge in [0.05, 0.1) is 18.7 Å². The highest BCUT2D eigenvalue weighted by Gasteiger charge is 2.18. The van der Waals surface area contributed by atoms with Crippen LogP contribution < -0.4 is 10.5 Å². The number of thiophene rings is 1. The summed E-state index contributed by atoms with van der Waals surface area (Å²) in [5.41, 5.74) is 7.33. The van der Waals surface area contributed by atoms with E-state index in [1.54, 1.807) is 12.1 Å². The van der Waals surface area contributed by atoms with Crippen LogP contribution in [0.2, 0.25) is 0 Å². The third-order valence-electron chi connectivity index (χ3n) is 2.45. The lowest BCUT2D eigenvalue weighted by Crippen LogP contribution is -2.14. The SMILES string of the molecule is COc1cccc(F)c1[C@H](N)c1ccsc1. The molecule has 0 spiro atoms. The molecule has 1 atom stereocenters. The van der Waals surface area contributed by atoms with Gasteiger partial charge in [0, 0.05) is 0 Å². The van der Waals surface area contributed by atoms with E-state index in [9.17, 15) is 4.39 Å². The topological polar surface area (TPSA) is 35.2 Å². The van der Waals surface area contributed by atoms with E-state index >= 15 is 0 Å². The number of ether oxygens (including phenoxy) is 1. The molecule has 0 saturated heterocycles. The second-order valence-electron chi connectivity index (χ2n) is 3.39. The molecule has 0 bridgehead atoms. The minimum atomic E-state index is -0.484. The molecule has 0 saturated carbocycles. The Hall–Kier alpha value is -1.39. The first-order valence-electron chi connectivity index (χ1n) is 4.84. The largest absolute Gasteiger partial charge is 0.496 e. The number of nitrogens with two attached hydrogens (primary N) is 1. The summed E-state index contributed by atoms with van der Waals surface area (Å²) < 4.78 is 18.9. The first kappa shape index (κ1) is 11.1. The van der Waals surface area contributed by atoms with Crippen LogP contribution in [-0.4, -0.2) is 7.11 Å². The Morgan fingerprint density at radius 1 is 1.38 bits per heavy atom. The average Bonchev–Trinajstić information content (AvgIpc) is 2.81. The third kappa shape index (κ3) is 1.94. The van der Waals surface area contributed by atoms with E-state index < -0.39 is 6.04 Å². The number of hydrogen-bond acceptors (Lipinski definition) is 3. The van der Waals surface area contributed by atoms with E-state index in [0.717, 1.165) is 5.56 Å². The highest BCUT2D eigenvalue weighted by atomic mass is 32.1. The normalized spacial score (nSPS) is 12.4. The van der Waals surface area contributed by atoms with Crippen molar-refractivity contribution in [3.8, 4) is 5.75 Å². The van der Waals surface area contributed by atoms with Gasteiger partial charge in [0.1, 0.15) is 11.6 Å². The van der Waals surface area contributed by atoms with Crippen molar-refractivity contribution in [2.75, 3.05) is 7.11 Å². The molecule has 2 rings (SSSR count). The Kier molecular flexibility index (Phi) is 3.22. The van der Waals surface area contributed by atoms with Crippen LogP contribution in [0.5, 0.6) is 5.75 Å². The number of rotatable bonds is 3. The summed E-state index contributed by atoms with van der Waals surface area (Å²) in [7, 11) is 1.51. The molecule has 1 aromatic carbocycles. The van der Waals surface area contributed by atoms with Gasteiger partial charge in [-0.1, -0.05) is 6.07 Å². The lowest BCUT2D eigenvalue weighted by Gasteiger charge is -2.15. The average molecular weight is 237 g/mol. The summed E-state index contributed by atoms with van der Waals surface area (Å²) in [5, 5.41) is 3.83. The van der Waals surface area contributed by atoms with Crippen LogP contribution in [0.25, 0.3) is 0 Å². The zero-order valence-corrected chi connectivity index (χ0v) is 9.63. The summed E-state index contributed by atoms with van der Waals surface area (Å²) in [6, 6.07) is 6.12. The Morgan fingerprint density at radius 2 is 2.19 bits per heavy atom. The summed E-state index contributed by atoms with van der Waals surface area (Å²) in [4.78, 5) is 0. The monoisotopic (exact) mass is 237 g/mol. The van der Waals surface area contributed by atoms with Crippen LogP contribution in [-0.2, 0) is 0 Å². The number of hydrogen-bond donors (Lipinski definition) is 1. The molecule has 0 amide bonds. The zero-order valence-electron chi connectivity index (χ0n) is 8.81. The van der Waals surface area contributed by atoms with Crippen LogP contribution in [0.15, 0.2) is 35.0 Å². The Bertz CT molecular complexity index is 470. The van der Waals surface area contributed by atoms with Gasteiger partial charge >= 0.3 is 0 Å². The highest BCUT2D eigenvalue weighted by molar-refractivity contribution is 7.08. The van der Waals surface area contributed by atoms with Crippen LogP contribution >= 0.6 is 11.3 Å². The van der Waals surface area contributed by atoms with E-state index in [2.05, 4.69) is 0 Å². The maximum atomic E-state index is 13.7. The maximum absolute atomic E-state index is 13.7. The fourth-order valence-corrected chi connectivity index (χ4v) is 2.31. The zero-order chi connectivity index (χ0) is 11.5. The van der Waals surface area contributed by atoms with Gasteiger partial charge in [-0.05, 0) is 34.5 Å². The van der Waals surface area contributed by atoms with Gasteiger partial charge in [0.2, 0.25) is 0 Å². The number of benzene rings is 1. The second-order valence-corrected chi connectivity index (χ2v) is 4.17. The molecule has 2 aromatic rings. The van der Waals surface area contributed by atoms with Crippen molar-refractivity contribution >= 4 is 11.3 Å². The summed E-state index contributed by atoms with van der Waals surface area (Å²) in [6.45, 7) is 0. The quantitative estimate of drug-likeness (QED) is 0.890. The van der Waals surface area contributed by atoms with Crippen LogP contribution in [0, 0.1) is 5.82 Å². The molecule has 2 nitrogen and oxygen atoms in total. The van der Waals surface area contributed by atoms with Gasteiger partial charge in [-0.3, -0.25) is 0 Å². The first-order chi connectivity index (χ1) is 7.74. The Labute approximate surface area is 97.5 Å². The van der Waals surface area contributed by atoms with E-state index in [1.165, 1.54) is 24.5 Å². The lowest BCUT2D eigenvalue weighted by molar-refractivity contribution is 0.402. The van der Waals surface area contributed by atoms with Gasteiger partial charge in [-0.15, -0.1) is 0 Å². The van der Waals surface area contributed by atoms with Gasteiger partial charge in [0.25, 0.3) is 0 Å². The molecule has 0 aliphatic heterocycles. The van der Waals surface area contributed by atoms with E-state index in [-0.39, 0.29) is 5.82 Å². The second kappa shape index (κ2) is 4.63. The standard InChI is InChI=1S/C12H12FNOS/c1-15-10-4-2-3-9(13)11(10)12(14)8-5-6-16-7-8/h2-7,12H,14H2,1H3/t12-/m1/s1. The molecule has 2 N–H and O–H groups in total. The molecule has 0 unspecified atom stereocenters. The van der Waals surface area contributed by atoms with Crippen molar-refractivity contribution in [1.82, 2.24) is 0 Å². The van der Waals surface area contributed by atoms with Crippen molar-refractivity contribution < 1.29 is 9.13 Å².